The van der Waals surface area contributed by atoms with Gasteiger partial charge in [0, 0.05) is 5.02 Å². The Bertz CT molecular complexity index is 782. The second-order valence-electron chi connectivity index (χ2n) is 5.27. The van der Waals surface area contributed by atoms with Gasteiger partial charge in [0.15, 0.2) is 9.84 Å². The number of aliphatic carboxylic acids is 1. The number of rotatable bonds is 7. The maximum Gasteiger partial charge on any atom is 0.307 e. The van der Waals surface area contributed by atoms with Crippen LogP contribution in [0.5, 0.6) is 0 Å². The Kier molecular flexibility index (Phi) is 5.80. The van der Waals surface area contributed by atoms with Gasteiger partial charge in [-0.15, -0.1) is 0 Å². The lowest BCUT2D eigenvalue weighted by Gasteiger charge is -2.06. The first-order valence-electron chi connectivity index (χ1n) is 7.15. The number of aryl methyl sites for hydroxylation is 1. The summed E-state index contributed by atoms with van der Waals surface area (Å²) >= 11 is 5.83. The Morgan fingerprint density at radius 3 is 2.30 bits per heavy atom. The highest BCUT2D eigenvalue weighted by Gasteiger charge is 2.14. The van der Waals surface area contributed by atoms with Crippen LogP contribution in [0, 0.1) is 0 Å². The first-order chi connectivity index (χ1) is 10.9. The predicted molar refractivity (Wildman–Crippen MR) is 89.6 cm³/mol. The molecule has 0 unspecified atom stereocenters. The second-order valence-corrected chi connectivity index (χ2v) is 7.81. The van der Waals surface area contributed by atoms with Crippen LogP contribution in [0.2, 0.25) is 5.02 Å². The number of sulfone groups is 1. The fraction of sp³-hybridized carbons (Fsp3) is 0.235. The second kappa shape index (κ2) is 7.62. The molecule has 0 aliphatic carbocycles. The molecule has 0 fully saturated rings. The average Bonchev–Trinajstić information content (AvgIpc) is 2.48. The van der Waals surface area contributed by atoms with E-state index in [2.05, 4.69) is 0 Å². The number of hydrogen-bond acceptors (Lipinski definition) is 3. The number of carboxylic acids is 1. The smallest absolute Gasteiger partial charge is 0.307 e. The zero-order valence-electron chi connectivity index (χ0n) is 12.4. The number of benzene rings is 2. The van der Waals surface area contributed by atoms with Crippen molar-refractivity contribution in [3.63, 3.8) is 0 Å². The van der Waals surface area contributed by atoms with E-state index in [9.17, 15) is 13.2 Å². The molecule has 0 aliphatic heterocycles. The molecule has 0 spiro atoms. The van der Waals surface area contributed by atoms with Crippen LogP contribution in [0.25, 0.3) is 0 Å². The van der Waals surface area contributed by atoms with Crippen LogP contribution in [-0.4, -0.2) is 25.2 Å². The lowest BCUT2D eigenvalue weighted by atomic mass is 10.1. The summed E-state index contributed by atoms with van der Waals surface area (Å²) in [6.45, 7) is 0. The van der Waals surface area contributed by atoms with Gasteiger partial charge in [0.1, 0.15) is 0 Å². The van der Waals surface area contributed by atoms with E-state index in [1.807, 2.05) is 12.1 Å². The summed E-state index contributed by atoms with van der Waals surface area (Å²) in [6, 6.07) is 13.5. The van der Waals surface area contributed by atoms with Gasteiger partial charge >= 0.3 is 5.97 Å². The molecular formula is C17H17ClO4S. The number of carboxylic acid groups (broad SMARTS) is 1. The largest absolute Gasteiger partial charge is 0.481 e. The minimum absolute atomic E-state index is 0.0105. The quantitative estimate of drug-likeness (QED) is 0.829. The van der Waals surface area contributed by atoms with Crippen LogP contribution in [0.3, 0.4) is 0 Å². The van der Waals surface area contributed by atoms with E-state index < -0.39 is 15.8 Å². The Balaban J connectivity index is 1.92. The molecule has 0 bridgehead atoms. The van der Waals surface area contributed by atoms with E-state index in [-0.39, 0.29) is 17.1 Å². The van der Waals surface area contributed by atoms with Crippen molar-refractivity contribution < 1.29 is 18.3 Å². The molecule has 6 heteroatoms. The lowest BCUT2D eigenvalue weighted by Crippen LogP contribution is -2.08. The zero-order chi connectivity index (χ0) is 16.9. The Morgan fingerprint density at radius 1 is 1.04 bits per heavy atom. The molecule has 0 atom stereocenters. The highest BCUT2D eigenvalue weighted by molar-refractivity contribution is 7.91. The van der Waals surface area contributed by atoms with Crippen molar-refractivity contribution in [3.05, 3.63) is 64.7 Å². The van der Waals surface area contributed by atoms with Crippen LogP contribution in [0.1, 0.15) is 17.5 Å². The fourth-order valence-corrected chi connectivity index (χ4v) is 3.85. The van der Waals surface area contributed by atoms with Crippen LogP contribution in [0.15, 0.2) is 53.4 Å². The highest BCUT2D eigenvalue weighted by atomic mass is 35.5. The number of carbonyl (C=O) groups is 1. The monoisotopic (exact) mass is 352 g/mol. The fourth-order valence-electron chi connectivity index (χ4n) is 2.24. The molecule has 0 amide bonds. The molecule has 0 saturated carbocycles. The Morgan fingerprint density at radius 2 is 1.70 bits per heavy atom. The highest BCUT2D eigenvalue weighted by Crippen LogP contribution is 2.18. The standard InChI is InChI=1S/C17H17ClO4S/c18-15-4-1-5-16(12-15)23(21,22)10-2-3-13-6-8-14(9-7-13)11-17(19)20/h1,4-9,12H,2-3,10-11H2,(H,19,20). The molecule has 2 aromatic rings. The van der Waals surface area contributed by atoms with Gasteiger partial charge < -0.3 is 5.11 Å². The maximum atomic E-state index is 12.2. The maximum absolute atomic E-state index is 12.2. The molecule has 2 rings (SSSR count). The summed E-state index contributed by atoms with van der Waals surface area (Å²) < 4.78 is 24.5. The van der Waals surface area contributed by atoms with Crippen LogP contribution >= 0.6 is 11.6 Å². The third-order valence-electron chi connectivity index (χ3n) is 3.41. The Labute approximate surface area is 140 Å². The minimum atomic E-state index is -3.34. The molecule has 0 aromatic heterocycles. The Hall–Kier alpha value is -1.85. The van der Waals surface area contributed by atoms with Crippen molar-refractivity contribution in [2.45, 2.75) is 24.2 Å². The van der Waals surface area contributed by atoms with Crippen molar-refractivity contribution in [2.24, 2.45) is 0 Å². The molecular weight excluding hydrogens is 336 g/mol. The van der Waals surface area contributed by atoms with Gasteiger partial charge in [-0.2, -0.15) is 0 Å². The third kappa shape index (κ3) is 5.37. The SMILES string of the molecule is O=C(O)Cc1ccc(CCCS(=O)(=O)c2cccc(Cl)c2)cc1. The third-order valence-corrected chi connectivity index (χ3v) is 5.45. The predicted octanol–water partition coefficient (Wildman–Crippen LogP) is 3.37. The van der Waals surface area contributed by atoms with Crippen LogP contribution in [-0.2, 0) is 27.5 Å². The topological polar surface area (TPSA) is 71.4 Å². The van der Waals surface area contributed by atoms with E-state index in [1.165, 1.54) is 6.07 Å². The molecule has 122 valence electrons. The summed E-state index contributed by atoms with van der Waals surface area (Å²) in [7, 11) is -3.34. The molecule has 1 N–H and O–H groups in total. The van der Waals surface area contributed by atoms with Crippen molar-refractivity contribution in [3.8, 4) is 0 Å². The molecule has 0 radical (unpaired) electrons. The molecule has 23 heavy (non-hydrogen) atoms. The van der Waals surface area contributed by atoms with Crippen molar-refractivity contribution >= 4 is 27.4 Å². The van der Waals surface area contributed by atoms with E-state index in [1.54, 1.807) is 30.3 Å². The summed E-state index contributed by atoms with van der Waals surface area (Å²) in [6.07, 6.45) is 1.10. The van der Waals surface area contributed by atoms with Gasteiger partial charge in [-0.1, -0.05) is 41.9 Å². The van der Waals surface area contributed by atoms with E-state index >= 15 is 0 Å². The van der Waals surface area contributed by atoms with E-state index in [0.717, 1.165) is 11.1 Å². The number of hydrogen-bond donors (Lipinski definition) is 1. The zero-order valence-corrected chi connectivity index (χ0v) is 14.0. The summed E-state index contributed by atoms with van der Waals surface area (Å²) in [4.78, 5) is 10.9. The van der Waals surface area contributed by atoms with Gasteiger partial charge in [-0.25, -0.2) is 8.42 Å². The van der Waals surface area contributed by atoms with Crippen LogP contribution in [0.4, 0.5) is 0 Å². The average molecular weight is 353 g/mol. The van der Waals surface area contributed by atoms with Gasteiger partial charge in [0.25, 0.3) is 0 Å². The van der Waals surface area contributed by atoms with Gasteiger partial charge in [-0.05, 0) is 42.2 Å². The molecule has 0 saturated heterocycles. The molecule has 2 aromatic carbocycles. The normalized spacial score (nSPS) is 11.3. The van der Waals surface area contributed by atoms with E-state index in [0.29, 0.717) is 17.9 Å². The summed E-state index contributed by atoms with van der Waals surface area (Å²) in [5, 5.41) is 9.12. The van der Waals surface area contributed by atoms with Gasteiger partial charge in [-0.3, -0.25) is 4.79 Å². The number of halogens is 1. The van der Waals surface area contributed by atoms with Crippen molar-refractivity contribution in [1.29, 1.82) is 0 Å². The minimum Gasteiger partial charge on any atom is -0.481 e. The molecule has 0 heterocycles. The summed E-state index contributed by atoms with van der Waals surface area (Å²) in [5.74, 6) is -0.824. The lowest BCUT2D eigenvalue weighted by molar-refractivity contribution is -0.136. The van der Waals surface area contributed by atoms with Gasteiger partial charge in [0.05, 0.1) is 17.1 Å². The first kappa shape index (κ1) is 17.5. The van der Waals surface area contributed by atoms with Crippen molar-refractivity contribution in [2.75, 3.05) is 5.75 Å². The van der Waals surface area contributed by atoms with E-state index in [4.69, 9.17) is 16.7 Å². The van der Waals surface area contributed by atoms with Crippen LogP contribution < -0.4 is 0 Å². The molecule has 4 nitrogen and oxygen atoms in total. The summed E-state index contributed by atoms with van der Waals surface area (Å²) in [5.41, 5.74) is 1.72. The molecule has 0 aliphatic rings. The van der Waals surface area contributed by atoms with Gasteiger partial charge in [0.2, 0.25) is 0 Å². The van der Waals surface area contributed by atoms with Crippen molar-refractivity contribution in [1.82, 2.24) is 0 Å². The first-order valence-corrected chi connectivity index (χ1v) is 9.18.